The number of rotatable bonds is 9. The molecule has 2 bridgehead atoms. The lowest BCUT2D eigenvalue weighted by molar-refractivity contribution is -0.119. The maximum atomic E-state index is 12.2. The van der Waals surface area contributed by atoms with E-state index in [2.05, 4.69) is 29.4 Å². The molecule has 1 aromatic rings. The van der Waals surface area contributed by atoms with E-state index < -0.39 is 0 Å². The summed E-state index contributed by atoms with van der Waals surface area (Å²) in [4.78, 5) is 12.2. The Morgan fingerprint density at radius 1 is 1.29 bits per heavy atom. The van der Waals surface area contributed by atoms with Crippen molar-refractivity contribution in [1.29, 1.82) is 0 Å². The molecule has 3 rings (SSSR count). The van der Waals surface area contributed by atoms with Crippen molar-refractivity contribution in [3.05, 3.63) is 0 Å². The summed E-state index contributed by atoms with van der Waals surface area (Å²) in [7, 11) is 0. The van der Waals surface area contributed by atoms with Crippen LogP contribution in [-0.2, 0) is 4.79 Å². The van der Waals surface area contributed by atoms with Crippen molar-refractivity contribution in [3.63, 3.8) is 0 Å². The molecule has 24 heavy (non-hydrogen) atoms. The Labute approximate surface area is 157 Å². The molecule has 0 aromatic carbocycles. The smallest absolute Gasteiger partial charge is 0.230 e. The Bertz CT molecular complexity index is 551. The van der Waals surface area contributed by atoms with Crippen LogP contribution in [0.2, 0.25) is 0 Å². The molecule has 1 amide bonds. The first-order chi connectivity index (χ1) is 11.7. The van der Waals surface area contributed by atoms with Crippen LogP contribution < -0.4 is 5.32 Å². The Balaban J connectivity index is 1.38. The molecular formula is C17H27N3OS3. The number of fused-ring (bicyclic) bond motifs is 2. The standard InChI is InChI=1S/C17H27N3OS3/c1-3-4-7-22-16-19-20-17(24-16)23-10-15(21)18-11(2)14-9-12-5-6-13(14)8-12/h11-14H,3-10H2,1-2H3,(H,18,21)/t11-,12+,13+,14+/m1/s1. The van der Waals surface area contributed by atoms with Gasteiger partial charge in [-0.1, -0.05) is 54.6 Å². The van der Waals surface area contributed by atoms with Crippen molar-refractivity contribution < 1.29 is 4.79 Å². The number of carbonyl (C=O) groups excluding carboxylic acids is 1. The fraction of sp³-hybridized carbons (Fsp3) is 0.824. The highest BCUT2D eigenvalue weighted by Gasteiger charge is 2.42. The fourth-order valence-corrected chi connectivity index (χ4v) is 7.04. The highest BCUT2D eigenvalue weighted by atomic mass is 32.2. The molecule has 4 atom stereocenters. The fourth-order valence-electron chi connectivity index (χ4n) is 4.05. The number of hydrogen-bond acceptors (Lipinski definition) is 6. The van der Waals surface area contributed by atoms with E-state index in [1.54, 1.807) is 23.1 Å². The summed E-state index contributed by atoms with van der Waals surface area (Å²) in [5, 5.41) is 11.6. The molecule has 2 aliphatic rings. The van der Waals surface area contributed by atoms with Crippen LogP contribution in [0.5, 0.6) is 0 Å². The second-order valence-corrected chi connectivity index (χ2v) is 10.6. The number of carbonyl (C=O) groups is 1. The zero-order valence-electron chi connectivity index (χ0n) is 14.5. The number of unbranched alkanes of at least 4 members (excludes halogenated alkanes) is 1. The van der Waals surface area contributed by atoms with Crippen LogP contribution in [0.3, 0.4) is 0 Å². The van der Waals surface area contributed by atoms with Gasteiger partial charge in [-0.3, -0.25) is 4.79 Å². The van der Waals surface area contributed by atoms with E-state index in [1.165, 1.54) is 50.3 Å². The van der Waals surface area contributed by atoms with Gasteiger partial charge in [0.05, 0.1) is 5.75 Å². The minimum absolute atomic E-state index is 0.130. The molecule has 0 radical (unpaired) electrons. The molecule has 0 spiro atoms. The van der Waals surface area contributed by atoms with Crippen LogP contribution in [-0.4, -0.2) is 33.7 Å². The molecule has 7 heteroatoms. The predicted molar refractivity (Wildman–Crippen MR) is 103 cm³/mol. The van der Waals surface area contributed by atoms with Gasteiger partial charge >= 0.3 is 0 Å². The third-order valence-electron chi connectivity index (χ3n) is 5.26. The third-order valence-corrected chi connectivity index (χ3v) is 8.54. The van der Waals surface area contributed by atoms with Crippen LogP contribution in [0.25, 0.3) is 0 Å². The number of aromatic nitrogens is 2. The summed E-state index contributed by atoms with van der Waals surface area (Å²) in [6.07, 6.45) is 7.89. The number of thioether (sulfide) groups is 2. The van der Waals surface area contributed by atoms with E-state index in [0.29, 0.717) is 17.7 Å². The monoisotopic (exact) mass is 385 g/mol. The van der Waals surface area contributed by atoms with Crippen molar-refractivity contribution in [2.75, 3.05) is 11.5 Å². The molecule has 2 fully saturated rings. The van der Waals surface area contributed by atoms with Crippen molar-refractivity contribution in [2.24, 2.45) is 17.8 Å². The van der Waals surface area contributed by atoms with Crippen molar-refractivity contribution in [1.82, 2.24) is 15.5 Å². The minimum atomic E-state index is 0.130. The summed E-state index contributed by atoms with van der Waals surface area (Å²) in [6.45, 7) is 4.37. The zero-order chi connectivity index (χ0) is 16.9. The second-order valence-electron chi connectivity index (χ2n) is 7.02. The first-order valence-electron chi connectivity index (χ1n) is 9.04. The van der Waals surface area contributed by atoms with E-state index in [1.807, 2.05) is 0 Å². The maximum Gasteiger partial charge on any atom is 0.230 e. The van der Waals surface area contributed by atoms with Crippen LogP contribution in [0.1, 0.15) is 52.4 Å². The Morgan fingerprint density at radius 3 is 2.75 bits per heavy atom. The van der Waals surface area contributed by atoms with Crippen LogP contribution in [0.4, 0.5) is 0 Å². The Hall–Kier alpha value is -0.270. The largest absolute Gasteiger partial charge is 0.353 e. The first-order valence-corrected chi connectivity index (χ1v) is 11.8. The van der Waals surface area contributed by atoms with Gasteiger partial charge < -0.3 is 5.32 Å². The van der Waals surface area contributed by atoms with Gasteiger partial charge in [0.1, 0.15) is 0 Å². The van der Waals surface area contributed by atoms with E-state index >= 15 is 0 Å². The topological polar surface area (TPSA) is 54.9 Å². The maximum absolute atomic E-state index is 12.2. The van der Waals surface area contributed by atoms with Crippen molar-refractivity contribution in [2.45, 2.75) is 67.1 Å². The molecule has 2 saturated carbocycles. The summed E-state index contributed by atoms with van der Waals surface area (Å²) >= 11 is 4.88. The minimum Gasteiger partial charge on any atom is -0.353 e. The van der Waals surface area contributed by atoms with Crippen LogP contribution >= 0.6 is 34.9 Å². The van der Waals surface area contributed by atoms with Gasteiger partial charge in [0, 0.05) is 11.8 Å². The molecule has 0 aliphatic heterocycles. The van der Waals surface area contributed by atoms with Gasteiger partial charge in [0.15, 0.2) is 8.68 Å². The highest BCUT2D eigenvalue weighted by molar-refractivity contribution is 8.03. The van der Waals surface area contributed by atoms with Gasteiger partial charge in [-0.05, 0) is 50.4 Å². The Kier molecular flexibility index (Phi) is 6.87. The summed E-state index contributed by atoms with van der Waals surface area (Å²) in [5.41, 5.74) is 0. The average molecular weight is 386 g/mol. The zero-order valence-corrected chi connectivity index (χ0v) is 16.9. The van der Waals surface area contributed by atoms with Gasteiger partial charge in [0.2, 0.25) is 5.91 Å². The molecule has 0 saturated heterocycles. The summed E-state index contributed by atoms with van der Waals surface area (Å²) in [6, 6.07) is 0.308. The van der Waals surface area contributed by atoms with E-state index in [0.717, 1.165) is 26.3 Å². The number of hydrogen-bond donors (Lipinski definition) is 1. The molecule has 134 valence electrons. The number of amides is 1. The van der Waals surface area contributed by atoms with Crippen LogP contribution in [0.15, 0.2) is 8.68 Å². The average Bonchev–Trinajstić information content (AvgIpc) is 3.30. The third kappa shape index (κ3) is 4.88. The normalized spacial score (nSPS) is 26.7. The van der Waals surface area contributed by atoms with E-state index in [9.17, 15) is 4.79 Å². The molecular weight excluding hydrogens is 358 g/mol. The van der Waals surface area contributed by atoms with Gasteiger partial charge in [0.25, 0.3) is 0 Å². The van der Waals surface area contributed by atoms with E-state index in [-0.39, 0.29) is 5.91 Å². The van der Waals surface area contributed by atoms with E-state index in [4.69, 9.17) is 0 Å². The lowest BCUT2D eigenvalue weighted by Crippen LogP contribution is -2.40. The van der Waals surface area contributed by atoms with Crippen molar-refractivity contribution >= 4 is 40.8 Å². The van der Waals surface area contributed by atoms with Gasteiger partial charge in [-0.25, -0.2) is 0 Å². The summed E-state index contributed by atoms with van der Waals surface area (Å²) < 4.78 is 1.92. The SMILES string of the molecule is CCCCSc1nnc(SCC(=O)N[C@H](C)[C@@H]2C[C@H]3CC[C@H]2C3)s1. The van der Waals surface area contributed by atoms with Crippen LogP contribution in [0, 0.1) is 17.8 Å². The molecule has 1 heterocycles. The first kappa shape index (κ1) is 18.5. The molecule has 0 unspecified atom stereocenters. The quantitative estimate of drug-likeness (QED) is 0.502. The molecule has 1 aromatic heterocycles. The summed E-state index contributed by atoms with van der Waals surface area (Å²) in [5.74, 6) is 4.14. The molecule has 2 aliphatic carbocycles. The molecule has 4 nitrogen and oxygen atoms in total. The Morgan fingerprint density at radius 2 is 2.08 bits per heavy atom. The second kappa shape index (κ2) is 8.90. The lowest BCUT2D eigenvalue weighted by atomic mass is 9.84. The predicted octanol–water partition coefficient (Wildman–Crippen LogP) is 4.46. The molecule has 1 N–H and O–H groups in total. The van der Waals surface area contributed by atoms with Crippen molar-refractivity contribution in [3.8, 4) is 0 Å². The van der Waals surface area contributed by atoms with Gasteiger partial charge in [-0.15, -0.1) is 10.2 Å². The lowest BCUT2D eigenvalue weighted by Gasteiger charge is -2.28. The highest BCUT2D eigenvalue weighted by Crippen LogP contribution is 2.49. The van der Waals surface area contributed by atoms with Gasteiger partial charge in [-0.2, -0.15) is 0 Å². The number of nitrogens with zero attached hydrogens (tertiary/aromatic N) is 2. The number of nitrogens with one attached hydrogen (secondary N) is 1.